The van der Waals surface area contributed by atoms with E-state index in [2.05, 4.69) is 15.3 Å². The van der Waals surface area contributed by atoms with E-state index in [1.54, 1.807) is 34.7 Å². The van der Waals surface area contributed by atoms with Crippen molar-refractivity contribution < 1.29 is 27.9 Å². The van der Waals surface area contributed by atoms with Crippen LogP contribution in [0.1, 0.15) is 41.6 Å². The zero-order chi connectivity index (χ0) is 26.3. The van der Waals surface area contributed by atoms with Crippen LogP contribution in [0.4, 0.5) is 24.3 Å². The lowest BCUT2D eigenvalue weighted by molar-refractivity contribution is -0.137. The number of benzene rings is 2. The molecule has 4 aromatic rings. The Kier molecular flexibility index (Phi) is 6.63. The van der Waals surface area contributed by atoms with Gasteiger partial charge in [-0.3, -0.25) is 9.59 Å². The van der Waals surface area contributed by atoms with Crippen molar-refractivity contribution in [1.82, 2.24) is 19.4 Å². The number of halogens is 3. The highest BCUT2D eigenvalue weighted by Crippen LogP contribution is 2.35. The van der Waals surface area contributed by atoms with Gasteiger partial charge in [-0.25, -0.2) is 9.97 Å². The summed E-state index contributed by atoms with van der Waals surface area (Å²) < 4.78 is 41.2. The van der Waals surface area contributed by atoms with Crippen molar-refractivity contribution >= 4 is 55.4 Å². The van der Waals surface area contributed by atoms with E-state index in [1.165, 1.54) is 6.07 Å². The zero-order valence-electron chi connectivity index (χ0n) is 19.9. The lowest BCUT2D eigenvalue weighted by atomic mass is 10.0. The molecule has 0 radical (unpaired) electrons. The molecule has 37 heavy (non-hydrogen) atoms. The van der Waals surface area contributed by atoms with E-state index in [9.17, 15) is 27.9 Å². The molecule has 12 heteroatoms. The first-order chi connectivity index (χ1) is 17.6. The van der Waals surface area contributed by atoms with Gasteiger partial charge in [0.05, 0.1) is 32.9 Å². The molecule has 1 aliphatic heterocycles. The van der Waals surface area contributed by atoms with Crippen molar-refractivity contribution in [2.45, 2.75) is 38.0 Å². The van der Waals surface area contributed by atoms with Gasteiger partial charge in [-0.2, -0.15) is 13.2 Å². The van der Waals surface area contributed by atoms with Crippen LogP contribution in [-0.2, 0) is 18.0 Å². The molecule has 3 heterocycles. The van der Waals surface area contributed by atoms with Crippen LogP contribution in [0, 0.1) is 0 Å². The summed E-state index contributed by atoms with van der Waals surface area (Å²) in [6, 6.07) is 8.52. The van der Waals surface area contributed by atoms with Crippen LogP contribution in [0.5, 0.6) is 0 Å². The third-order valence-corrected chi connectivity index (χ3v) is 7.39. The lowest BCUT2D eigenvalue weighted by Crippen LogP contribution is -2.42. The van der Waals surface area contributed by atoms with E-state index in [4.69, 9.17) is 0 Å². The molecule has 0 unspecified atom stereocenters. The van der Waals surface area contributed by atoms with Crippen LogP contribution in [0.25, 0.3) is 21.3 Å². The lowest BCUT2D eigenvalue weighted by Gasteiger charge is -2.30. The second-order valence-electron chi connectivity index (χ2n) is 9.08. The standard InChI is InChI=1S/C25H24F3N5O3S/c1-32-19-7-4-14(20(35)8-9-22(36)33-10-2-3-16(34)13-33)11-18(19)29-23(32)31-24-30-17-6-5-15(25(26,27)28)12-21(17)37-24/h4-7,11-12,16,34H,2-3,8-10,13H2,1H3,(H,29,30,31)/t16-/m1/s1. The molecule has 1 atom stereocenters. The number of imidazole rings is 1. The summed E-state index contributed by atoms with van der Waals surface area (Å²) in [5.41, 5.74) is 1.45. The number of β-amino-alcohol motifs (C(OH)–C–C–N with tert-alkyl or cyclic N) is 1. The van der Waals surface area contributed by atoms with Gasteiger partial charge in [0.15, 0.2) is 10.9 Å². The molecule has 0 saturated carbocycles. The number of carbonyl (C=O) groups excluding carboxylic acids is 2. The Balaban J connectivity index is 1.29. The van der Waals surface area contributed by atoms with Crippen molar-refractivity contribution in [1.29, 1.82) is 0 Å². The van der Waals surface area contributed by atoms with Gasteiger partial charge >= 0.3 is 6.18 Å². The molecule has 0 aliphatic carbocycles. The number of aromatic nitrogens is 3. The number of aliphatic hydroxyl groups is 1. The summed E-state index contributed by atoms with van der Waals surface area (Å²) in [7, 11) is 1.78. The average Bonchev–Trinajstić information content (AvgIpc) is 3.41. The molecule has 1 saturated heterocycles. The number of hydrogen-bond donors (Lipinski definition) is 2. The predicted octanol–water partition coefficient (Wildman–Crippen LogP) is 4.89. The second-order valence-corrected chi connectivity index (χ2v) is 10.1. The first kappa shape index (κ1) is 25.2. The second kappa shape index (κ2) is 9.75. The maximum atomic E-state index is 13.0. The number of anilines is 2. The molecule has 5 rings (SSSR count). The number of ketones is 1. The Morgan fingerprint density at radius 1 is 1.14 bits per heavy atom. The van der Waals surface area contributed by atoms with Crippen LogP contribution in [-0.4, -0.2) is 55.4 Å². The molecule has 0 bridgehead atoms. The number of likely N-dealkylation sites (tertiary alicyclic amines) is 1. The number of nitrogens with zero attached hydrogens (tertiary/aromatic N) is 4. The summed E-state index contributed by atoms with van der Waals surface area (Å²) >= 11 is 1.09. The number of nitrogens with one attached hydrogen (secondary N) is 1. The molecule has 1 amide bonds. The molecule has 1 aliphatic rings. The minimum atomic E-state index is -4.43. The Hall–Kier alpha value is -3.51. The smallest absolute Gasteiger partial charge is 0.391 e. The number of amides is 1. The topological polar surface area (TPSA) is 100 Å². The largest absolute Gasteiger partial charge is 0.416 e. The highest BCUT2D eigenvalue weighted by molar-refractivity contribution is 7.22. The minimum absolute atomic E-state index is 0.0560. The van der Waals surface area contributed by atoms with Gasteiger partial charge in [0.25, 0.3) is 0 Å². The Morgan fingerprint density at radius 3 is 2.70 bits per heavy atom. The zero-order valence-corrected chi connectivity index (χ0v) is 20.7. The van der Waals surface area contributed by atoms with Crippen LogP contribution >= 0.6 is 11.3 Å². The van der Waals surface area contributed by atoms with Crippen molar-refractivity contribution in [3.8, 4) is 0 Å². The van der Waals surface area contributed by atoms with Crippen molar-refractivity contribution in [2.75, 3.05) is 18.4 Å². The Labute approximate surface area is 213 Å². The van der Waals surface area contributed by atoms with E-state index in [0.717, 1.165) is 35.4 Å². The van der Waals surface area contributed by atoms with Crippen molar-refractivity contribution in [2.24, 2.45) is 7.05 Å². The maximum absolute atomic E-state index is 13.0. The number of aliphatic hydroxyl groups excluding tert-OH is 1. The summed E-state index contributed by atoms with van der Waals surface area (Å²) in [5, 5.41) is 13.2. The minimum Gasteiger partial charge on any atom is -0.391 e. The first-order valence-electron chi connectivity index (χ1n) is 11.8. The van der Waals surface area contributed by atoms with Gasteiger partial charge in [0, 0.05) is 38.5 Å². The number of piperidine rings is 1. The number of thiazole rings is 1. The average molecular weight is 532 g/mol. The summed E-state index contributed by atoms with van der Waals surface area (Å²) in [6.07, 6.45) is -3.38. The molecular formula is C25H24F3N5O3S. The number of carbonyl (C=O) groups is 2. The van der Waals surface area contributed by atoms with E-state index < -0.39 is 17.8 Å². The maximum Gasteiger partial charge on any atom is 0.416 e. The fourth-order valence-corrected chi connectivity index (χ4v) is 5.34. The number of hydrogen-bond acceptors (Lipinski definition) is 7. The summed E-state index contributed by atoms with van der Waals surface area (Å²) in [5.74, 6) is 0.101. The quantitative estimate of drug-likeness (QED) is 0.344. The molecule has 2 N–H and O–H groups in total. The predicted molar refractivity (Wildman–Crippen MR) is 134 cm³/mol. The van der Waals surface area contributed by atoms with Gasteiger partial charge in [0.1, 0.15) is 0 Å². The SMILES string of the molecule is Cn1c(Nc2nc3ccc(C(F)(F)F)cc3s2)nc2cc(C(=O)CCC(=O)N3CCC[C@@H](O)C3)ccc21. The Bertz CT molecular complexity index is 1500. The number of fused-ring (bicyclic) bond motifs is 2. The molecular weight excluding hydrogens is 507 g/mol. The van der Waals surface area contributed by atoms with Gasteiger partial charge in [-0.05, 0) is 49.2 Å². The highest BCUT2D eigenvalue weighted by Gasteiger charge is 2.31. The van der Waals surface area contributed by atoms with Gasteiger partial charge < -0.3 is 19.9 Å². The third-order valence-electron chi connectivity index (χ3n) is 6.45. The van der Waals surface area contributed by atoms with Gasteiger partial charge in [-0.1, -0.05) is 11.3 Å². The van der Waals surface area contributed by atoms with Crippen LogP contribution < -0.4 is 5.32 Å². The summed E-state index contributed by atoms with van der Waals surface area (Å²) in [6.45, 7) is 0.902. The highest BCUT2D eigenvalue weighted by atomic mass is 32.1. The van der Waals surface area contributed by atoms with Gasteiger partial charge in [-0.15, -0.1) is 0 Å². The van der Waals surface area contributed by atoms with E-state index >= 15 is 0 Å². The molecule has 0 spiro atoms. The number of aryl methyl sites for hydroxylation is 1. The van der Waals surface area contributed by atoms with Crippen LogP contribution in [0.15, 0.2) is 36.4 Å². The van der Waals surface area contributed by atoms with Gasteiger partial charge in [0.2, 0.25) is 11.9 Å². The molecule has 8 nitrogen and oxygen atoms in total. The van der Waals surface area contributed by atoms with Crippen molar-refractivity contribution in [3.63, 3.8) is 0 Å². The monoisotopic (exact) mass is 531 g/mol. The third kappa shape index (κ3) is 5.30. The number of rotatable bonds is 6. The van der Waals surface area contributed by atoms with E-state index in [1.807, 2.05) is 0 Å². The van der Waals surface area contributed by atoms with E-state index in [-0.39, 0.29) is 24.5 Å². The number of Topliss-reactive ketones (excluding diaryl/α,β-unsaturated/α-hetero) is 1. The molecule has 2 aromatic heterocycles. The van der Waals surface area contributed by atoms with Crippen molar-refractivity contribution in [3.05, 3.63) is 47.5 Å². The van der Waals surface area contributed by atoms with Crippen LogP contribution in [0.2, 0.25) is 0 Å². The summed E-state index contributed by atoms with van der Waals surface area (Å²) in [4.78, 5) is 35.7. The first-order valence-corrected chi connectivity index (χ1v) is 12.6. The normalized spacial score (nSPS) is 16.5. The molecule has 2 aromatic carbocycles. The molecule has 194 valence electrons. The van der Waals surface area contributed by atoms with Crippen LogP contribution in [0.3, 0.4) is 0 Å². The van der Waals surface area contributed by atoms with E-state index in [0.29, 0.717) is 51.9 Å². The number of alkyl halides is 3. The Morgan fingerprint density at radius 2 is 1.95 bits per heavy atom. The fourth-order valence-electron chi connectivity index (χ4n) is 4.44. The molecule has 1 fully saturated rings. The fraction of sp³-hybridized carbons (Fsp3) is 0.360.